The summed E-state index contributed by atoms with van der Waals surface area (Å²) in [6.07, 6.45) is 0. The van der Waals surface area contributed by atoms with Crippen molar-refractivity contribution in [2.75, 3.05) is 0 Å². The molecule has 2 rings (SSSR count). The van der Waals surface area contributed by atoms with E-state index in [9.17, 15) is 9.90 Å². The Morgan fingerprint density at radius 1 is 0.800 bits per heavy atom. The smallest absolute Gasteiger partial charge is 0.545 e. The molecule has 0 fully saturated rings. The predicted molar refractivity (Wildman–Crippen MR) is 71.0 cm³/mol. The molecular formula is C17H9NaO2. The first-order valence-electron chi connectivity index (χ1n) is 5.64. The molecule has 0 radical (unpaired) electrons. The number of carboxylic acid groups (broad SMARTS) is 1. The van der Waals surface area contributed by atoms with Gasteiger partial charge >= 0.3 is 29.6 Å². The van der Waals surface area contributed by atoms with E-state index in [1.165, 1.54) is 12.1 Å². The van der Waals surface area contributed by atoms with E-state index in [1.807, 2.05) is 30.3 Å². The summed E-state index contributed by atoms with van der Waals surface area (Å²) in [6, 6.07) is 15.7. The molecule has 90 valence electrons. The van der Waals surface area contributed by atoms with Gasteiger partial charge in [-0.1, -0.05) is 42.2 Å². The van der Waals surface area contributed by atoms with Gasteiger partial charge in [0.2, 0.25) is 0 Å². The Labute approximate surface area is 140 Å². The number of rotatable bonds is 1. The van der Waals surface area contributed by atoms with Crippen molar-refractivity contribution >= 4 is 5.97 Å². The predicted octanol–water partition coefficient (Wildman–Crippen LogP) is -1.54. The third-order valence-corrected chi connectivity index (χ3v) is 2.37. The number of benzene rings is 2. The molecule has 0 spiro atoms. The monoisotopic (exact) mass is 268 g/mol. The summed E-state index contributed by atoms with van der Waals surface area (Å²) in [6.45, 7) is 0. The Bertz CT molecular complexity index is 696. The summed E-state index contributed by atoms with van der Waals surface area (Å²) in [7, 11) is 0. The number of carbonyl (C=O) groups is 1. The van der Waals surface area contributed by atoms with Crippen LogP contribution in [0.2, 0.25) is 0 Å². The maximum Gasteiger partial charge on any atom is 1.00 e. The van der Waals surface area contributed by atoms with E-state index in [2.05, 4.69) is 23.7 Å². The molecular weight excluding hydrogens is 259 g/mol. The number of carbonyl (C=O) groups excluding carboxylic acids is 1. The van der Waals surface area contributed by atoms with Gasteiger partial charge < -0.3 is 9.90 Å². The van der Waals surface area contributed by atoms with Gasteiger partial charge in [0.05, 0.1) is 5.97 Å². The maximum absolute atomic E-state index is 10.6. The number of hydrogen-bond acceptors (Lipinski definition) is 2. The summed E-state index contributed by atoms with van der Waals surface area (Å²) < 4.78 is 0. The van der Waals surface area contributed by atoms with Crippen LogP contribution >= 0.6 is 0 Å². The summed E-state index contributed by atoms with van der Waals surface area (Å²) in [5.74, 6) is 10.0. The average Bonchev–Trinajstić information content (AvgIpc) is 2.45. The molecule has 2 nitrogen and oxygen atoms in total. The van der Waals surface area contributed by atoms with Crippen molar-refractivity contribution in [1.29, 1.82) is 0 Å². The summed E-state index contributed by atoms with van der Waals surface area (Å²) in [5.41, 5.74) is 1.76. The molecule has 0 atom stereocenters. The molecule has 0 unspecified atom stereocenters. The summed E-state index contributed by atoms with van der Waals surface area (Å²) >= 11 is 0. The van der Waals surface area contributed by atoms with Crippen LogP contribution in [-0.2, 0) is 0 Å². The number of aromatic carboxylic acids is 1. The first-order chi connectivity index (χ1) is 9.25. The van der Waals surface area contributed by atoms with E-state index >= 15 is 0 Å². The third-order valence-electron chi connectivity index (χ3n) is 2.37. The van der Waals surface area contributed by atoms with Gasteiger partial charge in [-0.2, -0.15) is 0 Å². The quantitative estimate of drug-likeness (QED) is 0.464. The molecule has 0 amide bonds. The normalized spacial score (nSPS) is 8.20. The van der Waals surface area contributed by atoms with Gasteiger partial charge in [0.25, 0.3) is 0 Å². The van der Waals surface area contributed by atoms with E-state index in [0.29, 0.717) is 5.56 Å². The van der Waals surface area contributed by atoms with Crippen LogP contribution in [0.5, 0.6) is 0 Å². The average molecular weight is 268 g/mol. The molecule has 2 aromatic rings. The van der Waals surface area contributed by atoms with Crippen LogP contribution in [0.3, 0.4) is 0 Å². The molecule has 0 heterocycles. The van der Waals surface area contributed by atoms with Gasteiger partial charge in [-0.3, -0.25) is 0 Å². The van der Waals surface area contributed by atoms with Crippen LogP contribution in [0.4, 0.5) is 0 Å². The topological polar surface area (TPSA) is 40.1 Å². The van der Waals surface area contributed by atoms with Crippen molar-refractivity contribution in [3.05, 3.63) is 71.3 Å². The van der Waals surface area contributed by atoms with Crippen LogP contribution in [0.15, 0.2) is 54.6 Å². The fraction of sp³-hybridized carbons (Fsp3) is 0. The molecule has 20 heavy (non-hydrogen) atoms. The first kappa shape index (κ1) is 16.1. The molecule has 3 heteroatoms. The largest absolute Gasteiger partial charge is 1.00 e. The zero-order chi connectivity index (χ0) is 13.5. The van der Waals surface area contributed by atoms with E-state index < -0.39 is 5.97 Å². The van der Waals surface area contributed by atoms with Gasteiger partial charge in [-0.05, 0) is 41.7 Å². The van der Waals surface area contributed by atoms with E-state index in [0.717, 1.165) is 5.56 Å². The molecule has 2 aromatic carbocycles. The molecule has 0 bridgehead atoms. The van der Waals surface area contributed by atoms with Crippen LogP contribution in [0.25, 0.3) is 0 Å². The van der Waals surface area contributed by atoms with Crippen molar-refractivity contribution in [3.63, 3.8) is 0 Å². The fourth-order valence-electron chi connectivity index (χ4n) is 1.42. The second kappa shape index (κ2) is 8.25. The van der Waals surface area contributed by atoms with Crippen LogP contribution < -0.4 is 34.7 Å². The standard InChI is InChI=1S/C17H10O2.Na/c18-17(19)16-12-10-15(11-13-16)9-5-4-8-14-6-2-1-3-7-14;/h1-3,6-7,10-13H,(H,18,19);/q;+1/p-1. The van der Waals surface area contributed by atoms with Crippen molar-refractivity contribution < 1.29 is 39.5 Å². The van der Waals surface area contributed by atoms with Crippen molar-refractivity contribution in [3.8, 4) is 23.7 Å². The van der Waals surface area contributed by atoms with Crippen molar-refractivity contribution in [1.82, 2.24) is 0 Å². The Kier molecular flexibility index (Phi) is 6.64. The van der Waals surface area contributed by atoms with E-state index in [-0.39, 0.29) is 35.1 Å². The minimum Gasteiger partial charge on any atom is -0.545 e. The zero-order valence-electron chi connectivity index (χ0n) is 11.0. The Morgan fingerprint density at radius 2 is 1.30 bits per heavy atom. The van der Waals surface area contributed by atoms with Gasteiger partial charge in [0, 0.05) is 11.1 Å². The summed E-state index contributed by atoms with van der Waals surface area (Å²) in [4.78, 5) is 10.6. The van der Waals surface area contributed by atoms with Gasteiger partial charge in [0.1, 0.15) is 0 Å². The number of hydrogen-bond donors (Lipinski definition) is 0. The van der Waals surface area contributed by atoms with Crippen LogP contribution in [0, 0.1) is 23.7 Å². The van der Waals surface area contributed by atoms with E-state index in [1.54, 1.807) is 12.1 Å². The second-order valence-electron chi connectivity index (χ2n) is 3.73. The van der Waals surface area contributed by atoms with Crippen molar-refractivity contribution in [2.24, 2.45) is 0 Å². The first-order valence-corrected chi connectivity index (χ1v) is 5.64. The van der Waals surface area contributed by atoms with E-state index in [4.69, 9.17) is 0 Å². The maximum atomic E-state index is 10.6. The molecule has 0 saturated carbocycles. The third kappa shape index (κ3) is 4.96. The molecule has 0 aliphatic carbocycles. The number of carboxylic acids is 1. The Hall–Kier alpha value is -1.97. The molecule has 0 N–H and O–H groups in total. The Morgan fingerprint density at radius 3 is 1.80 bits per heavy atom. The summed E-state index contributed by atoms with van der Waals surface area (Å²) in [5, 5.41) is 10.6. The van der Waals surface area contributed by atoms with Crippen molar-refractivity contribution in [2.45, 2.75) is 0 Å². The molecule has 0 saturated heterocycles. The van der Waals surface area contributed by atoms with Crippen LogP contribution in [0.1, 0.15) is 21.5 Å². The fourth-order valence-corrected chi connectivity index (χ4v) is 1.42. The second-order valence-corrected chi connectivity index (χ2v) is 3.73. The molecule has 0 aliphatic heterocycles. The van der Waals surface area contributed by atoms with Gasteiger partial charge in [0.15, 0.2) is 0 Å². The zero-order valence-corrected chi connectivity index (χ0v) is 13.0. The van der Waals surface area contributed by atoms with Crippen LogP contribution in [-0.4, -0.2) is 5.97 Å². The SMILES string of the molecule is O=C([O-])c1ccc(C#CC#Cc2ccccc2)cc1.[Na+]. The Balaban J connectivity index is 0.00000200. The minimum atomic E-state index is -1.19. The molecule has 0 aromatic heterocycles. The van der Waals surface area contributed by atoms with Gasteiger partial charge in [-0.15, -0.1) is 0 Å². The molecule has 0 aliphatic rings. The minimum absolute atomic E-state index is 0. The van der Waals surface area contributed by atoms with Gasteiger partial charge in [-0.25, -0.2) is 0 Å².